The highest BCUT2D eigenvalue weighted by Gasteiger charge is 2.62. The molecule has 0 spiro atoms. The number of hydrogen-bond donors (Lipinski definition) is 2. The molecule has 0 aromatic rings. The van der Waals surface area contributed by atoms with E-state index in [1.165, 1.54) is 0 Å². The predicted molar refractivity (Wildman–Crippen MR) is 76.4 cm³/mol. The molecule has 4 rings (SSSR count). The van der Waals surface area contributed by atoms with Gasteiger partial charge in [-0.05, 0) is 0 Å². The van der Waals surface area contributed by atoms with Crippen molar-refractivity contribution in [3.05, 3.63) is 0 Å². The number of carbonyl (C=O) groups is 6. The molecule has 14 nitrogen and oxygen atoms in total. The lowest BCUT2D eigenvalue weighted by Crippen LogP contribution is -2.41. The van der Waals surface area contributed by atoms with E-state index in [0.717, 1.165) is 0 Å². The van der Waals surface area contributed by atoms with Crippen LogP contribution in [0.1, 0.15) is 25.7 Å². The van der Waals surface area contributed by atoms with E-state index in [-0.39, 0.29) is 0 Å². The van der Waals surface area contributed by atoms with Crippen molar-refractivity contribution in [2.75, 3.05) is 0 Å². The lowest BCUT2D eigenvalue weighted by atomic mass is 9.96. The minimum absolute atomic E-state index is 0.565. The average molecular weight is 432 g/mol. The van der Waals surface area contributed by atoms with Crippen LogP contribution >= 0.6 is 0 Å². The standard InChI is InChI=1S/2C6H8O7.2Al/c2*7-3(8)1-6(13,5(11)12)2-4(9)10;;/h2*13H,1-2H2,(H,7,8)(H,9,10)(H,11,12);;/q;;2*+3/p-6. The van der Waals surface area contributed by atoms with Crippen molar-refractivity contribution in [1.82, 2.24) is 0 Å². The van der Waals surface area contributed by atoms with Crippen LogP contribution in [0.2, 0.25) is 0 Å². The van der Waals surface area contributed by atoms with E-state index in [9.17, 15) is 39.0 Å². The van der Waals surface area contributed by atoms with Gasteiger partial charge < -0.3 is 32.9 Å². The third kappa shape index (κ3) is 4.28. The van der Waals surface area contributed by atoms with Gasteiger partial charge >= 0.3 is 42.2 Å². The molecule has 2 N–H and O–H groups in total. The maximum atomic E-state index is 11.2. The summed E-state index contributed by atoms with van der Waals surface area (Å²) in [4.78, 5) is 66.3. The lowest BCUT2D eigenvalue weighted by Gasteiger charge is -2.20. The summed E-state index contributed by atoms with van der Waals surface area (Å²) in [5, 5.41) is 19.3. The molecule has 0 aliphatic carbocycles. The van der Waals surface area contributed by atoms with Crippen LogP contribution in [0.15, 0.2) is 0 Å². The number of rotatable bonds is 0. The highest BCUT2D eigenvalue weighted by molar-refractivity contribution is 6.46. The summed E-state index contributed by atoms with van der Waals surface area (Å²) in [7, 11) is 0. The van der Waals surface area contributed by atoms with E-state index < -0.39 is 103 Å². The van der Waals surface area contributed by atoms with Crippen LogP contribution < -0.4 is 0 Å². The lowest BCUT2D eigenvalue weighted by molar-refractivity contribution is -0.161. The van der Waals surface area contributed by atoms with Crippen LogP contribution in [-0.4, -0.2) is 87.5 Å². The molecule has 0 aromatic heterocycles. The molecule has 0 atom stereocenters. The van der Waals surface area contributed by atoms with E-state index in [0.29, 0.717) is 0 Å². The molecule has 4 bridgehead atoms. The Labute approximate surface area is 164 Å². The maximum absolute atomic E-state index is 11.2. The largest absolute Gasteiger partial charge is 1.20 e. The Morgan fingerprint density at radius 1 is 0.536 bits per heavy atom. The fourth-order valence-corrected chi connectivity index (χ4v) is 4.77. The van der Waals surface area contributed by atoms with Crippen LogP contribution in [0.25, 0.3) is 0 Å². The zero-order valence-corrected chi connectivity index (χ0v) is 16.1. The van der Waals surface area contributed by atoms with Gasteiger partial charge in [0.05, 0.1) is 25.7 Å². The normalized spacial score (nSPS) is 24.6. The van der Waals surface area contributed by atoms with Crippen molar-refractivity contribution >= 4 is 66.1 Å². The first-order valence-electron chi connectivity index (χ1n) is 7.64. The van der Waals surface area contributed by atoms with E-state index >= 15 is 0 Å². The molecule has 4 saturated heterocycles. The molecule has 0 radical (unpaired) electrons. The first-order chi connectivity index (χ1) is 13.0. The van der Waals surface area contributed by atoms with Crippen LogP contribution in [0.5, 0.6) is 0 Å². The number of carbonyl (C=O) groups excluding carboxylic acids is 6. The van der Waals surface area contributed by atoms with Crippen LogP contribution in [0.4, 0.5) is 0 Å². The van der Waals surface area contributed by atoms with Crippen molar-refractivity contribution in [2.45, 2.75) is 36.9 Å². The minimum atomic E-state index is -3.06. The average Bonchev–Trinajstić information content (AvgIpc) is 2.77. The van der Waals surface area contributed by atoms with E-state index in [1.807, 2.05) is 0 Å². The second-order valence-electron chi connectivity index (χ2n) is 6.12. The summed E-state index contributed by atoms with van der Waals surface area (Å²) in [5.41, 5.74) is -4.24. The highest BCUT2D eigenvalue weighted by atomic mass is 27.3. The van der Waals surface area contributed by atoms with Gasteiger partial charge in [-0.15, -0.1) is 0 Å². The van der Waals surface area contributed by atoms with Gasteiger partial charge in [-0.25, -0.2) is 0 Å². The van der Waals surface area contributed by atoms with Gasteiger partial charge in [0.25, 0.3) is 23.9 Å². The SMILES string of the molecule is O=C1CC2(O)CC(=O)[O][Al]([O]1)[O]C2=O.O=C1CC2(O)CC(=O)[O][Al]([O]1)[O]C2=O. The molecule has 16 heteroatoms. The molecular formula is C12H10Al2O14. The molecule has 4 heterocycles. The molecule has 0 amide bonds. The molecule has 148 valence electrons. The first-order valence-corrected chi connectivity index (χ1v) is 10.5. The second kappa shape index (κ2) is 7.33. The van der Waals surface area contributed by atoms with Crippen LogP contribution in [0.3, 0.4) is 0 Å². The van der Waals surface area contributed by atoms with Gasteiger partial charge in [0.15, 0.2) is 11.2 Å². The van der Waals surface area contributed by atoms with Gasteiger partial charge in [0, 0.05) is 0 Å². The molecule has 4 aliphatic heterocycles. The van der Waals surface area contributed by atoms with Gasteiger partial charge in [-0.1, -0.05) is 0 Å². The zero-order chi connectivity index (χ0) is 20.7. The van der Waals surface area contributed by atoms with E-state index in [1.54, 1.807) is 0 Å². The van der Waals surface area contributed by atoms with Crippen molar-refractivity contribution < 1.29 is 61.7 Å². The highest BCUT2D eigenvalue weighted by Crippen LogP contribution is 2.27. The Kier molecular flexibility index (Phi) is 5.37. The Morgan fingerprint density at radius 2 is 0.786 bits per heavy atom. The summed E-state index contributed by atoms with van der Waals surface area (Å²) in [6.07, 6.45) is -2.26. The number of hydrogen-bond acceptors (Lipinski definition) is 14. The molecule has 0 aromatic carbocycles. The maximum Gasteiger partial charge on any atom is 1.20 e. The van der Waals surface area contributed by atoms with Gasteiger partial charge in [-0.2, -0.15) is 0 Å². The number of aliphatic hydroxyl groups is 2. The van der Waals surface area contributed by atoms with Gasteiger partial charge in [-0.3, -0.25) is 28.8 Å². The van der Waals surface area contributed by atoms with Gasteiger partial charge in [0.2, 0.25) is 0 Å². The number of fused-ring (bicyclic) bond motifs is 6. The third-order valence-corrected chi connectivity index (χ3v) is 6.46. The molecule has 4 aliphatic rings. The topological polar surface area (TPSA) is 198 Å². The van der Waals surface area contributed by atoms with Crippen LogP contribution in [-0.2, 0) is 51.5 Å². The smallest absolute Gasteiger partial charge is 0.551 e. The summed E-state index contributed by atoms with van der Waals surface area (Å²) >= 11 is -6.11. The predicted octanol–water partition coefficient (Wildman–Crippen LogP) is -3.72. The Bertz CT molecular complexity index is 672. The van der Waals surface area contributed by atoms with Crippen molar-refractivity contribution in [2.24, 2.45) is 0 Å². The molecular weight excluding hydrogens is 422 g/mol. The van der Waals surface area contributed by atoms with Crippen molar-refractivity contribution in [3.63, 3.8) is 0 Å². The molecule has 0 unspecified atom stereocenters. The summed E-state index contributed by atoms with van der Waals surface area (Å²) in [6, 6.07) is 0. The minimum Gasteiger partial charge on any atom is -0.551 e. The molecule has 0 saturated carbocycles. The fraction of sp³-hybridized carbons (Fsp3) is 0.500. The Hall–Kier alpha value is -2.20. The summed E-state index contributed by atoms with van der Waals surface area (Å²) < 4.78 is 27.3. The Balaban J connectivity index is 0.000000161. The van der Waals surface area contributed by atoms with E-state index in [2.05, 4.69) is 22.7 Å². The van der Waals surface area contributed by atoms with E-state index in [4.69, 9.17) is 0 Å². The summed E-state index contributed by atoms with van der Waals surface area (Å²) in [5.74, 6) is -5.20. The molecule has 28 heavy (non-hydrogen) atoms. The van der Waals surface area contributed by atoms with Crippen molar-refractivity contribution in [1.29, 1.82) is 0 Å². The van der Waals surface area contributed by atoms with Crippen molar-refractivity contribution in [3.8, 4) is 0 Å². The molecule has 4 fully saturated rings. The first kappa shape index (κ1) is 20.5. The summed E-state index contributed by atoms with van der Waals surface area (Å²) in [6.45, 7) is 0. The van der Waals surface area contributed by atoms with Crippen LogP contribution in [0, 0.1) is 0 Å². The monoisotopic (exact) mass is 432 g/mol. The quantitative estimate of drug-likeness (QED) is 0.354. The third-order valence-electron chi connectivity index (χ3n) is 3.82. The van der Waals surface area contributed by atoms with Gasteiger partial charge in [0.1, 0.15) is 0 Å². The fourth-order valence-electron chi connectivity index (χ4n) is 2.50. The second-order valence-corrected chi connectivity index (χ2v) is 8.69. The Morgan fingerprint density at radius 3 is 1.04 bits per heavy atom. The zero-order valence-electron chi connectivity index (χ0n) is 13.8.